The Morgan fingerprint density at radius 1 is 0.850 bits per heavy atom. The monoisotopic (exact) mass is 281 g/mol. The number of hydrogen-bond acceptors (Lipinski definition) is 1. The van der Waals surface area contributed by atoms with Crippen molar-refractivity contribution in [1.82, 2.24) is 4.90 Å². The van der Waals surface area contributed by atoms with Gasteiger partial charge < -0.3 is 4.90 Å². The molecule has 0 radical (unpaired) electrons. The van der Waals surface area contributed by atoms with Crippen molar-refractivity contribution in [2.75, 3.05) is 13.6 Å². The molecule has 2 unspecified atom stereocenters. The average molecular weight is 282 g/mol. The van der Waals surface area contributed by atoms with Crippen LogP contribution in [0.25, 0.3) is 0 Å². The molecule has 1 rings (SSSR count). The lowest BCUT2D eigenvalue weighted by Gasteiger charge is -2.50. The molecule has 0 aromatic heterocycles. The van der Waals surface area contributed by atoms with E-state index in [0.717, 1.165) is 6.04 Å². The Morgan fingerprint density at radius 2 is 1.35 bits per heavy atom. The Labute approximate surface area is 128 Å². The van der Waals surface area contributed by atoms with Crippen LogP contribution in [0.4, 0.5) is 0 Å². The molecule has 20 heavy (non-hydrogen) atoms. The summed E-state index contributed by atoms with van der Waals surface area (Å²) in [5.41, 5.74) is 0.590. The minimum absolute atomic E-state index is 0.590. The summed E-state index contributed by atoms with van der Waals surface area (Å²) in [7, 11) is 2.33. The van der Waals surface area contributed by atoms with Crippen molar-refractivity contribution in [2.45, 2.75) is 104 Å². The second kappa shape index (κ2) is 9.82. The topological polar surface area (TPSA) is 3.24 Å². The smallest absolute Gasteiger partial charge is 0.0158 e. The van der Waals surface area contributed by atoms with Crippen molar-refractivity contribution in [1.29, 1.82) is 0 Å². The Hall–Kier alpha value is -0.0400. The first-order valence-electron chi connectivity index (χ1n) is 9.34. The van der Waals surface area contributed by atoms with E-state index in [1.165, 1.54) is 83.6 Å². The van der Waals surface area contributed by atoms with Gasteiger partial charge in [0.2, 0.25) is 0 Å². The number of hydrogen-bond donors (Lipinski definition) is 0. The Morgan fingerprint density at radius 3 is 1.75 bits per heavy atom. The third-order valence-corrected chi connectivity index (χ3v) is 5.54. The zero-order valence-corrected chi connectivity index (χ0v) is 14.7. The normalized spacial score (nSPS) is 22.5. The molecule has 2 atom stereocenters. The Kier molecular flexibility index (Phi) is 8.84. The van der Waals surface area contributed by atoms with E-state index in [2.05, 4.69) is 32.7 Å². The molecule has 0 aromatic rings. The number of likely N-dealkylation sites (tertiary alicyclic amines) is 1. The van der Waals surface area contributed by atoms with Crippen LogP contribution in [0.1, 0.15) is 97.8 Å². The molecule has 0 N–H and O–H groups in total. The highest BCUT2D eigenvalue weighted by molar-refractivity contribution is 4.94. The van der Waals surface area contributed by atoms with E-state index in [1.807, 2.05) is 0 Å². The molecule has 1 saturated heterocycles. The largest absolute Gasteiger partial charge is 0.303 e. The fraction of sp³-hybridized carbons (Fsp3) is 1.00. The Balaban J connectivity index is 2.34. The summed E-state index contributed by atoms with van der Waals surface area (Å²) >= 11 is 0. The maximum atomic E-state index is 2.60. The summed E-state index contributed by atoms with van der Waals surface area (Å²) < 4.78 is 0. The van der Waals surface area contributed by atoms with Gasteiger partial charge in [-0.05, 0) is 38.3 Å². The molecule has 1 aliphatic rings. The van der Waals surface area contributed by atoms with Gasteiger partial charge in [0.05, 0.1) is 0 Å². The van der Waals surface area contributed by atoms with Crippen molar-refractivity contribution in [3.8, 4) is 0 Å². The molecule has 1 heteroatoms. The molecule has 1 aliphatic heterocycles. The van der Waals surface area contributed by atoms with E-state index in [9.17, 15) is 0 Å². The molecule has 1 fully saturated rings. The molecule has 0 aromatic carbocycles. The van der Waals surface area contributed by atoms with Crippen molar-refractivity contribution in [2.24, 2.45) is 5.41 Å². The SMILES string of the molecule is CCCCCCCC(C)(CCCCCC)C1CCN1C. The number of rotatable bonds is 12. The van der Waals surface area contributed by atoms with Crippen LogP contribution < -0.4 is 0 Å². The van der Waals surface area contributed by atoms with Crippen molar-refractivity contribution in [3.05, 3.63) is 0 Å². The van der Waals surface area contributed by atoms with Crippen LogP contribution in [0.2, 0.25) is 0 Å². The standard InChI is InChI=1S/C19H39N/c1-5-7-9-11-13-16-19(3,15-12-10-8-6-2)18-14-17-20(18)4/h18H,5-17H2,1-4H3. The summed E-state index contributed by atoms with van der Waals surface area (Å²) in [5, 5.41) is 0. The van der Waals surface area contributed by atoms with E-state index < -0.39 is 0 Å². The molecular weight excluding hydrogens is 242 g/mol. The molecule has 0 amide bonds. The zero-order chi connectivity index (χ0) is 14.8. The maximum Gasteiger partial charge on any atom is 0.0158 e. The minimum atomic E-state index is 0.590. The first-order valence-corrected chi connectivity index (χ1v) is 9.34. The first kappa shape index (κ1) is 18.0. The van der Waals surface area contributed by atoms with E-state index in [1.54, 1.807) is 0 Å². The van der Waals surface area contributed by atoms with Crippen LogP contribution in [0, 0.1) is 5.41 Å². The predicted octanol–water partition coefficient (Wildman–Crippen LogP) is 6.03. The van der Waals surface area contributed by atoms with Gasteiger partial charge in [0.1, 0.15) is 0 Å². The van der Waals surface area contributed by atoms with Gasteiger partial charge >= 0.3 is 0 Å². The first-order chi connectivity index (χ1) is 9.64. The molecule has 0 saturated carbocycles. The fourth-order valence-corrected chi connectivity index (χ4v) is 3.94. The molecule has 1 nitrogen and oxygen atoms in total. The fourth-order valence-electron chi connectivity index (χ4n) is 3.94. The van der Waals surface area contributed by atoms with Crippen LogP contribution in [0.15, 0.2) is 0 Å². The lowest BCUT2D eigenvalue weighted by molar-refractivity contribution is 0.000595. The lowest BCUT2D eigenvalue weighted by Crippen LogP contribution is -2.54. The van der Waals surface area contributed by atoms with Crippen molar-refractivity contribution in [3.63, 3.8) is 0 Å². The second-order valence-corrected chi connectivity index (χ2v) is 7.41. The summed E-state index contributed by atoms with van der Waals surface area (Å²) in [6.45, 7) is 8.53. The van der Waals surface area contributed by atoms with E-state index in [-0.39, 0.29) is 0 Å². The van der Waals surface area contributed by atoms with Gasteiger partial charge in [-0.25, -0.2) is 0 Å². The highest BCUT2D eigenvalue weighted by Crippen LogP contribution is 2.42. The number of nitrogens with zero attached hydrogens (tertiary/aromatic N) is 1. The van der Waals surface area contributed by atoms with E-state index in [0.29, 0.717) is 5.41 Å². The van der Waals surface area contributed by atoms with Gasteiger partial charge in [0, 0.05) is 6.04 Å². The third kappa shape index (κ3) is 5.76. The highest BCUT2D eigenvalue weighted by atomic mass is 15.2. The van der Waals surface area contributed by atoms with Gasteiger partial charge in [-0.3, -0.25) is 0 Å². The molecular formula is C19H39N. The molecule has 0 bridgehead atoms. The quantitative estimate of drug-likeness (QED) is 0.395. The van der Waals surface area contributed by atoms with Crippen LogP contribution in [-0.4, -0.2) is 24.5 Å². The van der Waals surface area contributed by atoms with Crippen molar-refractivity contribution < 1.29 is 0 Å². The third-order valence-electron chi connectivity index (χ3n) is 5.54. The maximum absolute atomic E-state index is 2.60. The molecule has 0 spiro atoms. The van der Waals surface area contributed by atoms with Crippen LogP contribution in [0.3, 0.4) is 0 Å². The van der Waals surface area contributed by atoms with Crippen LogP contribution in [0.5, 0.6) is 0 Å². The predicted molar refractivity (Wildman–Crippen MR) is 91.3 cm³/mol. The molecule has 0 aliphatic carbocycles. The van der Waals surface area contributed by atoms with E-state index >= 15 is 0 Å². The Bertz CT molecular complexity index is 238. The molecule has 1 heterocycles. The minimum Gasteiger partial charge on any atom is -0.303 e. The van der Waals surface area contributed by atoms with Crippen LogP contribution in [-0.2, 0) is 0 Å². The lowest BCUT2D eigenvalue weighted by atomic mass is 9.69. The zero-order valence-electron chi connectivity index (χ0n) is 14.7. The second-order valence-electron chi connectivity index (χ2n) is 7.41. The average Bonchev–Trinajstić information content (AvgIpc) is 2.42. The van der Waals surface area contributed by atoms with Gasteiger partial charge in [-0.2, -0.15) is 0 Å². The van der Waals surface area contributed by atoms with Gasteiger partial charge in [0.15, 0.2) is 0 Å². The van der Waals surface area contributed by atoms with Gasteiger partial charge in [-0.1, -0.05) is 78.6 Å². The van der Waals surface area contributed by atoms with Crippen LogP contribution >= 0.6 is 0 Å². The van der Waals surface area contributed by atoms with E-state index in [4.69, 9.17) is 0 Å². The highest BCUT2D eigenvalue weighted by Gasteiger charge is 2.40. The van der Waals surface area contributed by atoms with Crippen molar-refractivity contribution >= 4 is 0 Å². The summed E-state index contributed by atoms with van der Waals surface area (Å²) in [4.78, 5) is 2.60. The summed E-state index contributed by atoms with van der Waals surface area (Å²) in [6, 6.07) is 0.871. The molecule has 120 valence electrons. The summed E-state index contributed by atoms with van der Waals surface area (Å²) in [5.74, 6) is 0. The summed E-state index contributed by atoms with van der Waals surface area (Å²) in [6.07, 6.45) is 17.2. The number of unbranched alkanes of at least 4 members (excludes halogenated alkanes) is 7. The van der Waals surface area contributed by atoms with Gasteiger partial charge in [0.25, 0.3) is 0 Å². The van der Waals surface area contributed by atoms with Gasteiger partial charge in [-0.15, -0.1) is 0 Å².